The number of carbonyl (C=O) groups is 2. The summed E-state index contributed by atoms with van der Waals surface area (Å²) >= 11 is 0. The van der Waals surface area contributed by atoms with Gasteiger partial charge >= 0.3 is 5.97 Å². The third-order valence-corrected chi connectivity index (χ3v) is 2.92. The van der Waals surface area contributed by atoms with Crippen molar-refractivity contribution in [2.24, 2.45) is 11.8 Å². The molecule has 5 nitrogen and oxygen atoms in total. The predicted octanol–water partition coefficient (Wildman–Crippen LogP) is 1.62. The highest BCUT2D eigenvalue weighted by Gasteiger charge is 2.27. The first-order valence-electron chi connectivity index (χ1n) is 6.43. The predicted molar refractivity (Wildman–Crippen MR) is 69.3 cm³/mol. The van der Waals surface area contributed by atoms with Crippen molar-refractivity contribution in [1.29, 1.82) is 0 Å². The van der Waals surface area contributed by atoms with E-state index < -0.39 is 5.97 Å². The summed E-state index contributed by atoms with van der Waals surface area (Å²) in [6.45, 7) is 6.44. The first-order valence-corrected chi connectivity index (χ1v) is 6.43. The van der Waals surface area contributed by atoms with Gasteiger partial charge in [-0.2, -0.15) is 0 Å². The quantitative estimate of drug-likeness (QED) is 0.683. The van der Waals surface area contributed by atoms with Crippen molar-refractivity contribution in [2.75, 3.05) is 26.8 Å². The number of methoxy groups -OCH3 is 1. The minimum Gasteiger partial charge on any atom is -0.480 e. The molecule has 1 amide bonds. The molecule has 0 heterocycles. The van der Waals surface area contributed by atoms with E-state index in [1.807, 2.05) is 20.8 Å². The lowest BCUT2D eigenvalue weighted by atomic mass is 9.90. The zero-order valence-electron chi connectivity index (χ0n) is 11.8. The highest BCUT2D eigenvalue weighted by atomic mass is 16.5. The Morgan fingerprint density at radius 3 is 2.33 bits per heavy atom. The van der Waals surface area contributed by atoms with Crippen molar-refractivity contribution in [2.45, 2.75) is 33.6 Å². The number of carbonyl (C=O) groups excluding carboxylic acids is 1. The second-order valence-corrected chi connectivity index (χ2v) is 4.79. The van der Waals surface area contributed by atoms with Gasteiger partial charge in [0.2, 0.25) is 5.91 Å². The van der Waals surface area contributed by atoms with Gasteiger partial charge in [-0.05, 0) is 12.3 Å². The molecule has 0 saturated carbocycles. The van der Waals surface area contributed by atoms with E-state index in [1.54, 1.807) is 0 Å². The van der Waals surface area contributed by atoms with Gasteiger partial charge < -0.3 is 14.7 Å². The lowest BCUT2D eigenvalue weighted by Crippen LogP contribution is -2.42. The summed E-state index contributed by atoms with van der Waals surface area (Å²) in [5, 5.41) is 8.85. The molecule has 0 aromatic rings. The molecule has 0 aromatic carbocycles. The molecule has 18 heavy (non-hydrogen) atoms. The number of carboxylic acid groups (broad SMARTS) is 1. The summed E-state index contributed by atoms with van der Waals surface area (Å²) in [5.74, 6) is -0.952. The molecule has 0 rings (SSSR count). The maximum Gasteiger partial charge on any atom is 0.323 e. The van der Waals surface area contributed by atoms with Gasteiger partial charge in [-0.25, -0.2) is 0 Å². The van der Waals surface area contributed by atoms with Crippen molar-refractivity contribution in [3.63, 3.8) is 0 Å². The average Bonchev–Trinajstić information content (AvgIpc) is 2.29. The number of nitrogens with zero attached hydrogens (tertiary/aromatic N) is 1. The Morgan fingerprint density at radius 2 is 1.94 bits per heavy atom. The van der Waals surface area contributed by atoms with Crippen LogP contribution in [0.4, 0.5) is 0 Å². The van der Waals surface area contributed by atoms with Crippen molar-refractivity contribution in [1.82, 2.24) is 4.90 Å². The molecule has 1 atom stereocenters. The molecule has 0 aromatic heterocycles. The van der Waals surface area contributed by atoms with Gasteiger partial charge in [0.1, 0.15) is 6.54 Å². The molecule has 5 heteroatoms. The number of hydrogen-bond donors (Lipinski definition) is 1. The van der Waals surface area contributed by atoms with E-state index in [-0.39, 0.29) is 24.3 Å². The Kier molecular flexibility index (Phi) is 8.37. The van der Waals surface area contributed by atoms with E-state index >= 15 is 0 Å². The Balaban J connectivity index is 4.72. The third kappa shape index (κ3) is 6.00. The van der Waals surface area contributed by atoms with E-state index in [0.717, 1.165) is 12.8 Å². The SMILES string of the molecule is CCCC(C(=O)N(CCOC)CC(=O)O)C(C)C. The lowest BCUT2D eigenvalue weighted by molar-refractivity contribution is -0.147. The lowest BCUT2D eigenvalue weighted by Gasteiger charge is -2.27. The topological polar surface area (TPSA) is 66.8 Å². The molecule has 0 bridgehead atoms. The number of hydrogen-bond acceptors (Lipinski definition) is 3. The van der Waals surface area contributed by atoms with E-state index in [0.29, 0.717) is 13.2 Å². The molecule has 0 aliphatic rings. The van der Waals surface area contributed by atoms with E-state index in [4.69, 9.17) is 9.84 Å². The Hall–Kier alpha value is -1.10. The minimum absolute atomic E-state index is 0.0775. The second-order valence-electron chi connectivity index (χ2n) is 4.79. The fourth-order valence-electron chi connectivity index (χ4n) is 1.92. The molecule has 0 saturated heterocycles. The van der Waals surface area contributed by atoms with E-state index in [2.05, 4.69) is 0 Å². The summed E-state index contributed by atoms with van der Waals surface area (Å²) in [6.07, 6.45) is 1.71. The average molecular weight is 259 g/mol. The number of ether oxygens (including phenoxy) is 1. The van der Waals surface area contributed by atoms with Crippen LogP contribution in [0.3, 0.4) is 0 Å². The molecule has 0 spiro atoms. The minimum atomic E-state index is -0.988. The molecule has 0 fully saturated rings. The summed E-state index contributed by atoms with van der Waals surface area (Å²) in [4.78, 5) is 24.5. The van der Waals surface area contributed by atoms with Crippen molar-refractivity contribution < 1.29 is 19.4 Å². The van der Waals surface area contributed by atoms with Crippen LogP contribution in [-0.2, 0) is 14.3 Å². The maximum absolute atomic E-state index is 12.3. The van der Waals surface area contributed by atoms with Gasteiger partial charge in [0.15, 0.2) is 0 Å². The molecule has 0 aliphatic carbocycles. The van der Waals surface area contributed by atoms with Crippen LogP contribution in [0.25, 0.3) is 0 Å². The summed E-state index contributed by atoms with van der Waals surface area (Å²) in [6, 6.07) is 0. The van der Waals surface area contributed by atoms with Gasteiger partial charge in [-0.3, -0.25) is 9.59 Å². The van der Waals surface area contributed by atoms with Crippen LogP contribution in [0, 0.1) is 11.8 Å². The normalized spacial score (nSPS) is 12.5. The highest BCUT2D eigenvalue weighted by molar-refractivity contribution is 5.83. The van der Waals surface area contributed by atoms with Crippen LogP contribution in [0.2, 0.25) is 0 Å². The Bertz CT molecular complexity index is 266. The molecular formula is C13H25NO4. The van der Waals surface area contributed by atoms with Crippen LogP contribution in [0.1, 0.15) is 33.6 Å². The monoisotopic (exact) mass is 259 g/mol. The smallest absolute Gasteiger partial charge is 0.323 e. The fraction of sp³-hybridized carbons (Fsp3) is 0.846. The van der Waals surface area contributed by atoms with Crippen LogP contribution in [0.5, 0.6) is 0 Å². The zero-order chi connectivity index (χ0) is 14.1. The van der Waals surface area contributed by atoms with E-state index in [9.17, 15) is 9.59 Å². The maximum atomic E-state index is 12.3. The molecule has 0 radical (unpaired) electrons. The van der Waals surface area contributed by atoms with Gasteiger partial charge in [0.05, 0.1) is 6.61 Å². The van der Waals surface area contributed by atoms with Crippen LogP contribution >= 0.6 is 0 Å². The van der Waals surface area contributed by atoms with Crippen LogP contribution < -0.4 is 0 Å². The van der Waals surface area contributed by atoms with Crippen molar-refractivity contribution in [3.8, 4) is 0 Å². The summed E-state index contributed by atoms with van der Waals surface area (Å²) in [5.41, 5.74) is 0. The Labute approximate surface area is 109 Å². The van der Waals surface area contributed by atoms with Gasteiger partial charge in [0, 0.05) is 19.6 Å². The Morgan fingerprint density at radius 1 is 1.33 bits per heavy atom. The number of amides is 1. The number of rotatable bonds is 9. The highest BCUT2D eigenvalue weighted by Crippen LogP contribution is 2.20. The first-order chi connectivity index (χ1) is 8.43. The molecule has 0 aliphatic heterocycles. The molecule has 106 valence electrons. The van der Waals surface area contributed by atoms with Crippen LogP contribution in [0.15, 0.2) is 0 Å². The summed E-state index contributed by atoms with van der Waals surface area (Å²) < 4.78 is 4.92. The second kappa shape index (κ2) is 8.91. The molecule has 1 unspecified atom stereocenters. The van der Waals surface area contributed by atoms with E-state index in [1.165, 1.54) is 12.0 Å². The zero-order valence-corrected chi connectivity index (χ0v) is 11.8. The van der Waals surface area contributed by atoms with Crippen molar-refractivity contribution >= 4 is 11.9 Å². The standard InChI is InChI=1S/C13H25NO4/c1-5-6-11(10(2)3)13(17)14(7-8-18-4)9-12(15)16/h10-11H,5-9H2,1-4H3,(H,15,16). The number of carboxylic acids is 1. The van der Waals surface area contributed by atoms with Gasteiger partial charge in [0.25, 0.3) is 0 Å². The molecular weight excluding hydrogens is 234 g/mol. The van der Waals surface area contributed by atoms with Gasteiger partial charge in [-0.1, -0.05) is 27.2 Å². The first kappa shape index (κ1) is 16.9. The third-order valence-electron chi connectivity index (χ3n) is 2.92. The molecule has 1 N–H and O–H groups in total. The van der Waals surface area contributed by atoms with Gasteiger partial charge in [-0.15, -0.1) is 0 Å². The van der Waals surface area contributed by atoms with Crippen LogP contribution in [-0.4, -0.2) is 48.7 Å². The van der Waals surface area contributed by atoms with Crippen molar-refractivity contribution in [3.05, 3.63) is 0 Å². The largest absolute Gasteiger partial charge is 0.480 e. The number of aliphatic carboxylic acids is 1. The summed E-state index contributed by atoms with van der Waals surface area (Å²) in [7, 11) is 1.54. The fourth-order valence-corrected chi connectivity index (χ4v) is 1.92.